The summed E-state index contributed by atoms with van der Waals surface area (Å²) in [6.45, 7) is 8.53. The molecule has 0 spiro atoms. The Labute approximate surface area is 159 Å². The lowest BCUT2D eigenvalue weighted by Gasteiger charge is -2.37. The minimum atomic E-state index is -0.632. The van der Waals surface area contributed by atoms with Crippen molar-refractivity contribution in [2.24, 2.45) is 0 Å². The number of anilines is 1. The van der Waals surface area contributed by atoms with Crippen molar-refractivity contribution in [1.82, 2.24) is 9.88 Å². The number of rotatable bonds is 4. The van der Waals surface area contributed by atoms with E-state index >= 15 is 0 Å². The molecule has 3 aromatic rings. The third kappa shape index (κ3) is 3.70. The van der Waals surface area contributed by atoms with Gasteiger partial charge in [-0.1, -0.05) is 12.1 Å². The average Bonchev–Trinajstić information content (AvgIpc) is 3.07. The molecule has 1 atom stereocenters. The molecule has 4 rings (SSSR count). The molecule has 5 heteroatoms. The highest BCUT2D eigenvalue weighted by molar-refractivity contribution is 5.83. The van der Waals surface area contributed by atoms with Crippen LogP contribution in [0.15, 0.2) is 42.6 Å². The van der Waals surface area contributed by atoms with E-state index < -0.39 is 6.10 Å². The molecular formula is C22H26FN3O. The van der Waals surface area contributed by atoms with Crippen LogP contribution < -0.4 is 4.90 Å². The van der Waals surface area contributed by atoms with E-state index in [9.17, 15) is 9.50 Å². The number of aliphatic hydroxyl groups excluding tert-OH is 1. The van der Waals surface area contributed by atoms with E-state index in [1.54, 1.807) is 12.3 Å². The van der Waals surface area contributed by atoms with Crippen LogP contribution in [-0.4, -0.2) is 47.7 Å². The van der Waals surface area contributed by atoms with Gasteiger partial charge in [0.25, 0.3) is 0 Å². The number of hydrogen-bond acceptors (Lipinski definition) is 3. The number of nitrogens with zero attached hydrogens (tertiary/aromatic N) is 2. The molecule has 0 saturated carbocycles. The molecule has 0 radical (unpaired) electrons. The number of hydrogen-bond donors (Lipinski definition) is 2. The summed E-state index contributed by atoms with van der Waals surface area (Å²) < 4.78 is 13.6. The fourth-order valence-corrected chi connectivity index (χ4v) is 3.96. The highest BCUT2D eigenvalue weighted by Crippen LogP contribution is 2.27. The quantitative estimate of drug-likeness (QED) is 0.737. The Morgan fingerprint density at radius 2 is 1.85 bits per heavy atom. The van der Waals surface area contributed by atoms with Crippen molar-refractivity contribution in [3.8, 4) is 0 Å². The predicted molar refractivity (Wildman–Crippen MR) is 108 cm³/mol. The van der Waals surface area contributed by atoms with E-state index in [-0.39, 0.29) is 5.82 Å². The summed E-state index contributed by atoms with van der Waals surface area (Å²) in [4.78, 5) is 7.83. The Morgan fingerprint density at radius 1 is 1.07 bits per heavy atom. The second kappa shape index (κ2) is 7.33. The molecule has 1 fully saturated rings. The number of aryl methyl sites for hydroxylation is 2. The molecule has 1 saturated heterocycles. The molecule has 2 aromatic carbocycles. The fraction of sp³-hybridized carbons (Fsp3) is 0.364. The largest absolute Gasteiger partial charge is 0.387 e. The second-order valence-corrected chi connectivity index (χ2v) is 7.53. The van der Waals surface area contributed by atoms with Crippen LogP contribution >= 0.6 is 0 Å². The van der Waals surface area contributed by atoms with Gasteiger partial charge in [-0.25, -0.2) is 4.39 Å². The van der Waals surface area contributed by atoms with Crippen molar-refractivity contribution in [2.45, 2.75) is 20.0 Å². The summed E-state index contributed by atoms with van der Waals surface area (Å²) in [5, 5.41) is 11.5. The number of nitrogens with one attached hydrogen (secondary N) is 1. The first kappa shape index (κ1) is 18.0. The first-order valence-corrected chi connectivity index (χ1v) is 9.50. The molecule has 0 bridgehead atoms. The summed E-state index contributed by atoms with van der Waals surface area (Å²) in [5.74, 6) is -0.280. The Morgan fingerprint density at radius 3 is 2.63 bits per heavy atom. The molecule has 142 valence electrons. The normalized spacial score (nSPS) is 16.8. The Hall–Kier alpha value is -2.37. The molecule has 1 aliphatic rings. The van der Waals surface area contributed by atoms with E-state index in [4.69, 9.17) is 0 Å². The van der Waals surface area contributed by atoms with Gasteiger partial charge in [0.1, 0.15) is 5.82 Å². The molecule has 2 N–H and O–H groups in total. The van der Waals surface area contributed by atoms with Crippen LogP contribution in [0.2, 0.25) is 0 Å². The zero-order valence-electron chi connectivity index (χ0n) is 15.9. The molecule has 0 amide bonds. The van der Waals surface area contributed by atoms with Crippen molar-refractivity contribution in [2.75, 3.05) is 37.6 Å². The molecular weight excluding hydrogens is 341 g/mol. The maximum absolute atomic E-state index is 13.6. The van der Waals surface area contributed by atoms with Gasteiger partial charge >= 0.3 is 0 Å². The van der Waals surface area contributed by atoms with Crippen molar-refractivity contribution < 1.29 is 9.50 Å². The highest BCUT2D eigenvalue weighted by Gasteiger charge is 2.22. The molecule has 2 heterocycles. The number of fused-ring (bicyclic) bond motifs is 1. The number of aliphatic hydroxyl groups is 1. The number of aromatic amines is 1. The zero-order chi connectivity index (χ0) is 19.0. The van der Waals surface area contributed by atoms with Crippen molar-refractivity contribution >= 4 is 16.6 Å². The van der Waals surface area contributed by atoms with Crippen LogP contribution in [0.5, 0.6) is 0 Å². The van der Waals surface area contributed by atoms with Gasteiger partial charge in [0, 0.05) is 61.1 Å². The second-order valence-electron chi connectivity index (χ2n) is 7.53. The van der Waals surface area contributed by atoms with Gasteiger partial charge in [0.15, 0.2) is 0 Å². The topological polar surface area (TPSA) is 42.5 Å². The van der Waals surface area contributed by atoms with Crippen molar-refractivity contribution in [3.63, 3.8) is 0 Å². The van der Waals surface area contributed by atoms with Crippen LogP contribution in [0.1, 0.15) is 22.8 Å². The van der Waals surface area contributed by atoms with Crippen LogP contribution in [0, 0.1) is 19.7 Å². The molecule has 27 heavy (non-hydrogen) atoms. The zero-order valence-corrected chi connectivity index (χ0v) is 15.9. The SMILES string of the molecule is Cc1ccc(C)c(N2CCN(CC(O)c3c[nH]c4ccc(F)cc34)CC2)c1. The molecule has 1 aliphatic heterocycles. The number of β-amino-alcohol motifs (C(OH)–C–C–N with tert-alkyl or cyclic N) is 1. The third-order valence-electron chi connectivity index (χ3n) is 5.54. The van der Waals surface area contributed by atoms with Gasteiger partial charge in [-0.05, 0) is 49.2 Å². The minimum absolute atomic E-state index is 0.280. The smallest absolute Gasteiger partial charge is 0.123 e. The Kier molecular flexibility index (Phi) is 4.89. The average molecular weight is 367 g/mol. The number of aromatic nitrogens is 1. The van der Waals surface area contributed by atoms with E-state index in [1.807, 2.05) is 0 Å². The van der Waals surface area contributed by atoms with Gasteiger partial charge < -0.3 is 15.0 Å². The maximum atomic E-state index is 13.6. The Bertz CT molecular complexity index is 944. The summed E-state index contributed by atoms with van der Waals surface area (Å²) in [5.41, 5.74) is 5.50. The lowest BCUT2D eigenvalue weighted by molar-refractivity contribution is 0.110. The van der Waals surface area contributed by atoms with Crippen molar-refractivity contribution in [1.29, 1.82) is 0 Å². The van der Waals surface area contributed by atoms with Crippen LogP contribution in [0.4, 0.5) is 10.1 Å². The predicted octanol–water partition coefficient (Wildman–Crippen LogP) is 3.78. The van der Waals surface area contributed by atoms with Gasteiger partial charge in [-0.3, -0.25) is 4.90 Å². The summed E-state index contributed by atoms with van der Waals surface area (Å²) in [6, 6.07) is 11.2. The summed E-state index contributed by atoms with van der Waals surface area (Å²) >= 11 is 0. The summed E-state index contributed by atoms with van der Waals surface area (Å²) in [6.07, 6.45) is 1.16. The molecule has 4 nitrogen and oxygen atoms in total. The number of H-pyrrole nitrogens is 1. The number of benzene rings is 2. The third-order valence-corrected chi connectivity index (χ3v) is 5.54. The fourth-order valence-electron chi connectivity index (χ4n) is 3.96. The minimum Gasteiger partial charge on any atom is -0.387 e. The standard InChI is InChI=1S/C22H26FN3O/c1-15-3-4-16(2)21(11-15)26-9-7-25(8-10-26)14-22(27)19-13-24-20-6-5-17(23)12-18(19)20/h3-6,11-13,22,24,27H,7-10,14H2,1-2H3. The number of halogens is 1. The molecule has 1 aromatic heterocycles. The first-order chi connectivity index (χ1) is 13.0. The molecule has 0 aliphatic carbocycles. The highest BCUT2D eigenvalue weighted by atomic mass is 19.1. The van der Waals surface area contributed by atoms with Crippen LogP contribution in [0.25, 0.3) is 10.9 Å². The van der Waals surface area contributed by atoms with Crippen LogP contribution in [-0.2, 0) is 0 Å². The van der Waals surface area contributed by atoms with Crippen LogP contribution in [0.3, 0.4) is 0 Å². The van der Waals surface area contributed by atoms with Gasteiger partial charge in [0.05, 0.1) is 6.10 Å². The lowest BCUT2D eigenvalue weighted by Crippen LogP contribution is -2.47. The van der Waals surface area contributed by atoms with E-state index in [0.29, 0.717) is 6.54 Å². The first-order valence-electron chi connectivity index (χ1n) is 9.50. The van der Waals surface area contributed by atoms with E-state index in [0.717, 1.165) is 42.6 Å². The van der Waals surface area contributed by atoms with Gasteiger partial charge in [0.2, 0.25) is 0 Å². The monoisotopic (exact) mass is 367 g/mol. The number of piperazine rings is 1. The van der Waals surface area contributed by atoms with Gasteiger partial charge in [-0.2, -0.15) is 0 Å². The maximum Gasteiger partial charge on any atom is 0.123 e. The van der Waals surface area contributed by atoms with Gasteiger partial charge in [-0.15, -0.1) is 0 Å². The van der Waals surface area contributed by atoms with Crippen molar-refractivity contribution in [3.05, 3.63) is 65.1 Å². The summed E-state index contributed by atoms with van der Waals surface area (Å²) in [7, 11) is 0. The van der Waals surface area contributed by atoms with E-state index in [2.05, 4.69) is 46.8 Å². The molecule has 1 unspecified atom stereocenters. The Balaban J connectivity index is 1.41. The van der Waals surface area contributed by atoms with E-state index in [1.165, 1.54) is 28.9 Å². The lowest BCUT2D eigenvalue weighted by atomic mass is 10.1.